The van der Waals surface area contributed by atoms with Gasteiger partial charge in [-0.05, 0) is 101 Å². The summed E-state index contributed by atoms with van der Waals surface area (Å²) < 4.78 is 27.9. The molecule has 23 nitrogen and oxygen atoms in total. The highest BCUT2D eigenvalue weighted by molar-refractivity contribution is 5.95. The van der Waals surface area contributed by atoms with E-state index in [0.717, 1.165) is 49.7 Å². The summed E-state index contributed by atoms with van der Waals surface area (Å²) in [6.07, 6.45) is -0.103. The topological polar surface area (TPSA) is 354 Å². The number of Topliss-reactive ketones (excluding diaryl/α,β-unsaturated/α-hetero) is 1. The third-order valence-electron chi connectivity index (χ3n) is 16.5. The van der Waals surface area contributed by atoms with Crippen LogP contribution in [0.5, 0.6) is 0 Å². The van der Waals surface area contributed by atoms with Crippen LogP contribution in [-0.2, 0) is 68.2 Å². The number of hydrogen-bond donors (Lipinski definition) is 11. The lowest BCUT2D eigenvalue weighted by Gasteiger charge is -2.31. The van der Waals surface area contributed by atoms with Crippen LogP contribution >= 0.6 is 0 Å². The van der Waals surface area contributed by atoms with Gasteiger partial charge in [-0.15, -0.1) is 0 Å². The molecule has 3 aromatic rings. The number of aryl methyl sites for hydroxylation is 1. The standard InChI is InChI=1S/C61H90FN7O16/c1-9-12-16-24-60(8,23-10-2)48(73)19-13-14-20-50(75)66-43(21-22-49(74)63-29-46(71)53(76)54(77)47(72)31-70)56(79)68-51(34(4)5)57(80)65-36(7)55(78)64-33-84-25-17-15-18-38-35(6)42(62)28-44-39(38)26-37-30-69-45(52(37)67-44)27-41-40(58(69)81)32-85-59(82)61(41,83)11-3/h26-28,34,36,43,46-47,51,53-54,70-72,76-77,83H,9-25,29-33H2,1-8H3,(H,63,74)(H,64,78)(H,65,80)(H,66,75)(H,68,79)/t36-,43-,46-,47+,51-,53+,54+,60?,61-/m0/s1. The van der Waals surface area contributed by atoms with Crippen LogP contribution in [0.4, 0.5) is 4.39 Å². The van der Waals surface area contributed by atoms with Gasteiger partial charge in [0.15, 0.2) is 5.60 Å². The number of nitrogens with zero attached hydrogens (tertiary/aromatic N) is 2. The molecule has 1 unspecified atom stereocenters. The van der Waals surface area contributed by atoms with Crippen molar-refractivity contribution in [2.45, 2.75) is 219 Å². The van der Waals surface area contributed by atoms with Gasteiger partial charge in [0, 0.05) is 60.4 Å². The molecular weight excluding hydrogens is 1110 g/mol. The van der Waals surface area contributed by atoms with Gasteiger partial charge in [-0.1, -0.05) is 67.2 Å². The fraction of sp³-hybridized carbons (Fsp3) is 0.656. The van der Waals surface area contributed by atoms with Crippen LogP contribution in [0, 0.1) is 24.1 Å². The van der Waals surface area contributed by atoms with Crippen molar-refractivity contribution in [2.75, 3.05) is 26.5 Å². The number of nitrogens with one attached hydrogen (secondary N) is 5. The molecule has 0 saturated carbocycles. The van der Waals surface area contributed by atoms with Crippen molar-refractivity contribution >= 4 is 52.2 Å². The first kappa shape index (κ1) is 69.5. The summed E-state index contributed by atoms with van der Waals surface area (Å²) >= 11 is 0. The largest absolute Gasteiger partial charge is 0.458 e. The molecule has 0 fully saturated rings. The van der Waals surface area contributed by atoms with E-state index in [-0.39, 0.29) is 69.1 Å². The molecule has 9 atom stereocenters. The van der Waals surface area contributed by atoms with Gasteiger partial charge in [-0.25, -0.2) is 14.2 Å². The first-order valence-corrected chi connectivity index (χ1v) is 29.9. The zero-order valence-corrected chi connectivity index (χ0v) is 50.4. The summed E-state index contributed by atoms with van der Waals surface area (Å²) in [6, 6.07) is 1.16. The number of ether oxygens (including phenoxy) is 2. The van der Waals surface area contributed by atoms with Crippen molar-refractivity contribution < 1.29 is 78.1 Å². The molecule has 0 radical (unpaired) electrons. The maximum Gasteiger partial charge on any atom is 0.343 e. The molecule has 0 aliphatic carbocycles. The van der Waals surface area contributed by atoms with Crippen LogP contribution in [0.3, 0.4) is 0 Å². The fourth-order valence-corrected chi connectivity index (χ4v) is 11.0. The average molecular weight is 1200 g/mol. The lowest BCUT2D eigenvalue weighted by atomic mass is 9.75. The van der Waals surface area contributed by atoms with Crippen molar-refractivity contribution in [3.63, 3.8) is 0 Å². The summed E-state index contributed by atoms with van der Waals surface area (Å²) in [4.78, 5) is 112. The normalized spacial score (nSPS) is 17.7. The van der Waals surface area contributed by atoms with Gasteiger partial charge in [-0.2, -0.15) is 0 Å². The highest BCUT2D eigenvalue weighted by Gasteiger charge is 2.45. The Labute approximate surface area is 495 Å². The number of rotatable bonds is 36. The molecule has 2 aromatic heterocycles. The molecule has 5 amide bonds. The Morgan fingerprint density at radius 3 is 2.20 bits per heavy atom. The van der Waals surface area contributed by atoms with E-state index in [0.29, 0.717) is 60.0 Å². The molecule has 5 rings (SSSR count). The zero-order chi connectivity index (χ0) is 62.9. The third kappa shape index (κ3) is 17.7. The number of benzene rings is 1. The predicted molar refractivity (Wildman–Crippen MR) is 311 cm³/mol. The number of carbonyl (C=O) groups excluding carboxylic acids is 7. The second kappa shape index (κ2) is 31.9. The monoisotopic (exact) mass is 1200 g/mol. The second-order valence-corrected chi connectivity index (χ2v) is 23.3. The molecule has 11 N–H and O–H groups in total. The van der Waals surface area contributed by atoms with Gasteiger partial charge in [0.05, 0.1) is 41.7 Å². The molecule has 0 saturated heterocycles. The van der Waals surface area contributed by atoms with Gasteiger partial charge in [0.2, 0.25) is 29.5 Å². The van der Waals surface area contributed by atoms with Crippen LogP contribution in [0.1, 0.15) is 173 Å². The zero-order valence-electron chi connectivity index (χ0n) is 50.4. The molecular formula is C61H90FN7O16. The van der Waals surface area contributed by atoms with Crippen LogP contribution in [0.25, 0.3) is 22.3 Å². The number of aromatic nitrogens is 2. The number of cyclic esters (lactones) is 1. The molecule has 2 aliphatic heterocycles. The lowest BCUT2D eigenvalue weighted by Crippen LogP contribution is -2.58. The number of esters is 1. The molecule has 2 aliphatic rings. The summed E-state index contributed by atoms with van der Waals surface area (Å²) in [5.41, 5.74) is 0.675. The van der Waals surface area contributed by atoms with Crippen molar-refractivity contribution in [1.29, 1.82) is 0 Å². The Morgan fingerprint density at radius 1 is 0.824 bits per heavy atom. The van der Waals surface area contributed by atoms with Crippen LogP contribution < -0.4 is 32.1 Å². The Hall–Kier alpha value is -6.28. The van der Waals surface area contributed by atoms with Crippen LogP contribution in [0.15, 0.2) is 23.0 Å². The number of aliphatic hydroxyl groups is 6. The average Bonchev–Trinajstić information content (AvgIpc) is 1.78. The van der Waals surface area contributed by atoms with Crippen LogP contribution in [0.2, 0.25) is 0 Å². The first-order chi connectivity index (χ1) is 40.3. The molecule has 85 heavy (non-hydrogen) atoms. The Kier molecular flexibility index (Phi) is 26.1. The quantitative estimate of drug-likeness (QED) is 0.0177. The first-order valence-electron chi connectivity index (χ1n) is 29.9. The SMILES string of the molecule is CCCCCC(C)(CCC)C(=O)CCCCC(=O)N[C@@H](CCC(=O)NC[C@H](O)[C@@H](O)[C@H](O)[C@H](O)CO)C(=O)N[C@H](C(=O)N[C@@H](C)C(=O)NCOCCCCc1c(C)c(F)cc2nc3c(cc12)Cn1c-3cc2c(c1=O)COC(=O)[C@]2(O)CC)C(C)C. The molecule has 1 aromatic carbocycles. The van der Waals surface area contributed by atoms with Crippen molar-refractivity contribution in [3.8, 4) is 11.4 Å². The minimum Gasteiger partial charge on any atom is -0.458 e. The Morgan fingerprint density at radius 2 is 1.53 bits per heavy atom. The molecule has 24 heteroatoms. The number of aliphatic hydroxyl groups excluding tert-OH is 5. The van der Waals surface area contributed by atoms with Gasteiger partial charge in [-0.3, -0.25) is 33.6 Å². The summed E-state index contributed by atoms with van der Waals surface area (Å²) in [7, 11) is 0. The van der Waals surface area contributed by atoms with Crippen molar-refractivity contribution in [2.24, 2.45) is 11.3 Å². The highest BCUT2D eigenvalue weighted by Crippen LogP contribution is 2.40. The number of amides is 5. The number of hydrogen-bond acceptors (Lipinski definition) is 17. The molecule has 0 bridgehead atoms. The van der Waals surface area contributed by atoms with Gasteiger partial charge in [0.25, 0.3) is 5.56 Å². The fourth-order valence-electron chi connectivity index (χ4n) is 11.0. The van der Waals surface area contributed by atoms with Gasteiger partial charge < -0.3 is 71.3 Å². The highest BCUT2D eigenvalue weighted by atomic mass is 19.1. The van der Waals surface area contributed by atoms with E-state index in [2.05, 4.69) is 33.5 Å². The van der Waals surface area contributed by atoms with Gasteiger partial charge in [0.1, 0.15) is 61.4 Å². The Bertz CT molecular complexity index is 2920. The van der Waals surface area contributed by atoms with E-state index in [1.165, 1.54) is 17.6 Å². The minimum absolute atomic E-state index is 0.00581. The summed E-state index contributed by atoms with van der Waals surface area (Å²) in [5.74, 6) is -5.10. The predicted octanol–water partition coefficient (Wildman–Crippen LogP) is 2.92. The van der Waals surface area contributed by atoms with Crippen LogP contribution in [-0.4, -0.2) is 151 Å². The Balaban J connectivity index is 1.13. The molecule has 4 heterocycles. The van der Waals surface area contributed by atoms with Crippen molar-refractivity contribution in [1.82, 2.24) is 36.1 Å². The molecule has 0 spiro atoms. The smallest absolute Gasteiger partial charge is 0.343 e. The second-order valence-electron chi connectivity index (χ2n) is 23.3. The molecule has 472 valence electrons. The summed E-state index contributed by atoms with van der Waals surface area (Å²) in [6.45, 7) is 12.6. The van der Waals surface area contributed by atoms with E-state index >= 15 is 4.39 Å². The number of unbranched alkanes of at least 4 members (excludes halogenated alkanes) is 4. The van der Waals surface area contributed by atoms with E-state index in [1.807, 2.05) is 19.9 Å². The number of halogens is 1. The van der Waals surface area contributed by atoms with E-state index < -0.39 is 126 Å². The lowest BCUT2D eigenvalue weighted by molar-refractivity contribution is -0.172. The maximum atomic E-state index is 15.5. The van der Waals surface area contributed by atoms with Crippen molar-refractivity contribution in [3.05, 3.63) is 62.2 Å². The number of pyridine rings is 2. The summed E-state index contributed by atoms with van der Waals surface area (Å²) in [5, 5.41) is 73.9. The van der Waals surface area contributed by atoms with E-state index in [1.54, 1.807) is 33.8 Å². The van der Waals surface area contributed by atoms with Gasteiger partial charge >= 0.3 is 5.97 Å². The minimum atomic E-state index is -1.99. The van der Waals surface area contributed by atoms with E-state index in [9.17, 15) is 63.9 Å². The number of carbonyl (C=O) groups is 7. The number of ketones is 1. The number of fused-ring (bicyclic) bond motifs is 5. The van der Waals surface area contributed by atoms with E-state index in [4.69, 9.17) is 19.6 Å². The third-order valence-corrected chi connectivity index (χ3v) is 16.5. The maximum absolute atomic E-state index is 15.5.